The molecular formula is C15H15BrN2O2. The van der Waals surface area contributed by atoms with E-state index in [9.17, 15) is 4.79 Å². The fraction of sp³-hybridized carbons (Fsp3) is 0.333. The van der Waals surface area contributed by atoms with Gasteiger partial charge in [0.2, 0.25) is 0 Å². The summed E-state index contributed by atoms with van der Waals surface area (Å²) in [6, 6.07) is 7.85. The lowest BCUT2D eigenvalue weighted by Crippen LogP contribution is -2.40. The zero-order valence-corrected chi connectivity index (χ0v) is 12.5. The largest absolute Gasteiger partial charge is 0.379 e. The lowest BCUT2D eigenvalue weighted by Gasteiger charge is -2.23. The molecule has 0 radical (unpaired) electrons. The molecule has 1 aromatic carbocycles. The van der Waals surface area contributed by atoms with Crippen LogP contribution in [0.15, 0.2) is 34.9 Å². The van der Waals surface area contributed by atoms with Gasteiger partial charge >= 0.3 is 0 Å². The Morgan fingerprint density at radius 1 is 1.40 bits per heavy atom. The molecule has 20 heavy (non-hydrogen) atoms. The minimum atomic E-state index is -0.135. The zero-order valence-electron chi connectivity index (χ0n) is 10.9. The van der Waals surface area contributed by atoms with Gasteiger partial charge in [-0.15, -0.1) is 0 Å². The van der Waals surface area contributed by atoms with Crippen molar-refractivity contribution in [3.05, 3.63) is 40.6 Å². The van der Waals surface area contributed by atoms with Crippen LogP contribution in [0.1, 0.15) is 23.3 Å². The minimum Gasteiger partial charge on any atom is -0.379 e. The Morgan fingerprint density at radius 3 is 3.10 bits per heavy atom. The van der Waals surface area contributed by atoms with Crippen LogP contribution in [-0.2, 0) is 4.74 Å². The van der Waals surface area contributed by atoms with Crippen molar-refractivity contribution in [3.8, 4) is 0 Å². The van der Waals surface area contributed by atoms with E-state index in [2.05, 4.69) is 26.2 Å². The zero-order chi connectivity index (χ0) is 13.9. The van der Waals surface area contributed by atoms with E-state index in [1.807, 2.05) is 24.3 Å². The van der Waals surface area contributed by atoms with Gasteiger partial charge in [0.05, 0.1) is 12.6 Å². The van der Waals surface area contributed by atoms with Gasteiger partial charge in [-0.05, 0) is 36.4 Å². The summed E-state index contributed by atoms with van der Waals surface area (Å²) >= 11 is 3.43. The molecule has 2 aromatic rings. The van der Waals surface area contributed by atoms with Crippen molar-refractivity contribution in [3.63, 3.8) is 0 Å². The average Bonchev–Trinajstić information content (AvgIpc) is 2.47. The number of hydrogen-bond acceptors (Lipinski definition) is 3. The number of rotatable bonds is 2. The van der Waals surface area contributed by atoms with Gasteiger partial charge in [0, 0.05) is 22.7 Å². The van der Waals surface area contributed by atoms with Gasteiger partial charge in [-0.3, -0.25) is 9.78 Å². The maximum Gasteiger partial charge on any atom is 0.270 e. The number of carbonyl (C=O) groups is 1. The quantitative estimate of drug-likeness (QED) is 0.918. The first-order chi connectivity index (χ1) is 9.74. The summed E-state index contributed by atoms with van der Waals surface area (Å²) in [5, 5.41) is 4.87. The molecule has 2 heterocycles. The lowest BCUT2D eigenvalue weighted by molar-refractivity contribution is 0.0623. The average molecular weight is 335 g/mol. The molecule has 0 bridgehead atoms. The summed E-state index contributed by atoms with van der Waals surface area (Å²) in [5.74, 6) is -0.135. The van der Waals surface area contributed by atoms with Crippen LogP contribution in [0.5, 0.6) is 0 Å². The first-order valence-electron chi connectivity index (χ1n) is 6.67. The fourth-order valence-corrected chi connectivity index (χ4v) is 2.79. The third-order valence-corrected chi connectivity index (χ3v) is 3.93. The molecule has 0 spiro atoms. The standard InChI is InChI=1S/C15H15BrN2O2/c16-11-4-3-10-5-6-17-14(13(10)8-11)15(19)18-12-2-1-7-20-9-12/h3-6,8,12H,1-2,7,9H2,(H,18,19). The molecule has 1 saturated heterocycles. The number of hydrogen-bond donors (Lipinski definition) is 1. The maximum absolute atomic E-state index is 12.4. The molecule has 1 fully saturated rings. The molecule has 3 rings (SSSR count). The highest BCUT2D eigenvalue weighted by atomic mass is 79.9. The summed E-state index contributed by atoms with van der Waals surface area (Å²) in [4.78, 5) is 16.6. The van der Waals surface area contributed by atoms with E-state index in [1.165, 1.54) is 0 Å². The number of fused-ring (bicyclic) bond motifs is 1. The molecule has 1 unspecified atom stereocenters. The topological polar surface area (TPSA) is 51.2 Å². The summed E-state index contributed by atoms with van der Waals surface area (Å²) in [6.07, 6.45) is 3.61. The predicted molar refractivity (Wildman–Crippen MR) is 80.8 cm³/mol. The van der Waals surface area contributed by atoms with Crippen LogP contribution in [0.4, 0.5) is 0 Å². The smallest absolute Gasteiger partial charge is 0.270 e. The first-order valence-corrected chi connectivity index (χ1v) is 7.46. The van der Waals surface area contributed by atoms with Gasteiger partial charge in [-0.25, -0.2) is 0 Å². The van der Waals surface area contributed by atoms with E-state index in [1.54, 1.807) is 6.20 Å². The van der Waals surface area contributed by atoms with Crippen molar-refractivity contribution >= 4 is 32.6 Å². The van der Waals surface area contributed by atoms with Crippen molar-refractivity contribution in [1.29, 1.82) is 0 Å². The number of nitrogens with zero attached hydrogens (tertiary/aromatic N) is 1. The summed E-state index contributed by atoms with van der Waals surface area (Å²) in [5.41, 5.74) is 0.467. The van der Waals surface area contributed by atoms with Gasteiger partial charge in [0.25, 0.3) is 5.91 Å². The summed E-state index contributed by atoms with van der Waals surface area (Å²) in [7, 11) is 0. The number of halogens is 1. The van der Waals surface area contributed by atoms with Crippen LogP contribution in [0.2, 0.25) is 0 Å². The number of aromatic nitrogens is 1. The number of ether oxygens (including phenoxy) is 1. The number of carbonyl (C=O) groups excluding carboxylic acids is 1. The Balaban J connectivity index is 1.88. The van der Waals surface area contributed by atoms with Crippen molar-refractivity contribution in [2.24, 2.45) is 0 Å². The summed E-state index contributed by atoms with van der Waals surface area (Å²) < 4.78 is 6.32. The summed E-state index contributed by atoms with van der Waals surface area (Å²) in [6.45, 7) is 1.37. The van der Waals surface area contributed by atoms with Crippen LogP contribution in [0.25, 0.3) is 10.8 Å². The Morgan fingerprint density at radius 2 is 2.30 bits per heavy atom. The van der Waals surface area contributed by atoms with Crippen molar-refractivity contribution in [1.82, 2.24) is 10.3 Å². The molecular weight excluding hydrogens is 320 g/mol. The minimum absolute atomic E-state index is 0.0838. The van der Waals surface area contributed by atoms with Gasteiger partial charge in [0.15, 0.2) is 0 Å². The number of benzene rings is 1. The molecule has 104 valence electrons. The normalized spacial score (nSPS) is 18.9. The number of nitrogens with one attached hydrogen (secondary N) is 1. The highest BCUT2D eigenvalue weighted by molar-refractivity contribution is 9.10. The third-order valence-electron chi connectivity index (χ3n) is 3.44. The van der Waals surface area contributed by atoms with Gasteiger partial charge < -0.3 is 10.1 Å². The molecule has 4 nitrogen and oxygen atoms in total. The highest BCUT2D eigenvalue weighted by Crippen LogP contribution is 2.22. The SMILES string of the molecule is O=C(NC1CCCOC1)c1nccc2ccc(Br)cc12. The van der Waals surface area contributed by atoms with E-state index < -0.39 is 0 Å². The molecule has 1 aliphatic heterocycles. The lowest BCUT2D eigenvalue weighted by atomic mass is 10.1. The Hall–Kier alpha value is -1.46. The second kappa shape index (κ2) is 5.89. The van der Waals surface area contributed by atoms with Crippen LogP contribution in [0.3, 0.4) is 0 Å². The van der Waals surface area contributed by atoms with E-state index >= 15 is 0 Å². The molecule has 5 heteroatoms. The van der Waals surface area contributed by atoms with Gasteiger partial charge in [-0.2, -0.15) is 0 Å². The highest BCUT2D eigenvalue weighted by Gasteiger charge is 2.19. The van der Waals surface area contributed by atoms with Gasteiger partial charge in [-0.1, -0.05) is 22.0 Å². The van der Waals surface area contributed by atoms with Crippen LogP contribution in [0, 0.1) is 0 Å². The van der Waals surface area contributed by atoms with E-state index in [0.29, 0.717) is 12.3 Å². The van der Waals surface area contributed by atoms with E-state index in [0.717, 1.165) is 34.7 Å². The van der Waals surface area contributed by atoms with Crippen LogP contribution < -0.4 is 5.32 Å². The first kappa shape index (κ1) is 13.5. The number of amides is 1. The van der Waals surface area contributed by atoms with Gasteiger partial charge in [0.1, 0.15) is 5.69 Å². The number of pyridine rings is 1. The molecule has 0 saturated carbocycles. The Labute approximate surface area is 125 Å². The molecule has 1 N–H and O–H groups in total. The fourth-order valence-electron chi connectivity index (χ4n) is 2.43. The molecule has 1 aliphatic rings. The Bertz CT molecular complexity index is 639. The Kier molecular flexibility index (Phi) is 3.98. The molecule has 1 aromatic heterocycles. The van der Waals surface area contributed by atoms with Crippen LogP contribution in [-0.4, -0.2) is 30.1 Å². The predicted octanol–water partition coefficient (Wildman–Crippen LogP) is 2.91. The van der Waals surface area contributed by atoms with Crippen molar-refractivity contribution < 1.29 is 9.53 Å². The van der Waals surface area contributed by atoms with Crippen LogP contribution >= 0.6 is 15.9 Å². The van der Waals surface area contributed by atoms with E-state index in [-0.39, 0.29) is 11.9 Å². The van der Waals surface area contributed by atoms with E-state index in [4.69, 9.17) is 4.74 Å². The molecule has 1 atom stereocenters. The monoisotopic (exact) mass is 334 g/mol. The third kappa shape index (κ3) is 2.83. The van der Waals surface area contributed by atoms with Crippen molar-refractivity contribution in [2.45, 2.75) is 18.9 Å². The second-order valence-electron chi connectivity index (χ2n) is 4.91. The second-order valence-corrected chi connectivity index (χ2v) is 5.83. The molecule has 1 amide bonds. The molecule has 0 aliphatic carbocycles. The van der Waals surface area contributed by atoms with Crippen molar-refractivity contribution in [2.75, 3.05) is 13.2 Å². The maximum atomic E-state index is 12.4.